The lowest BCUT2D eigenvalue weighted by Crippen LogP contribution is -2.10. The summed E-state index contributed by atoms with van der Waals surface area (Å²) in [7, 11) is 0. The number of nitrogens with zero attached hydrogens (tertiary/aromatic N) is 3. The van der Waals surface area contributed by atoms with Gasteiger partial charge in [-0.25, -0.2) is 9.37 Å². The zero-order chi connectivity index (χ0) is 19.8. The molecule has 0 spiro atoms. The van der Waals surface area contributed by atoms with Gasteiger partial charge in [-0.05, 0) is 30.5 Å². The summed E-state index contributed by atoms with van der Waals surface area (Å²) in [5, 5.41) is 16.3. The molecule has 28 heavy (non-hydrogen) atoms. The number of aromatic nitrogens is 4. The summed E-state index contributed by atoms with van der Waals surface area (Å²) in [6, 6.07) is 5.94. The van der Waals surface area contributed by atoms with E-state index in [0.29, 0.717) is 23.7 Å². The molecule has 0 aliphatic carbocycles. The molecule has 0 saturated carbocycles. The van der Waals surface area contributed by atoms with Crippen molar-refractivity contribution in [3.05, 3.63) is 59.8 Å². The van der Waals surface area contributed by atoms with E-state index in [2.05, 4.69) is 25.4 Å². The lowest BCUT2D eigenvalue weighted by atomic mass is 9.92. The van der Waals surface area contributed by atoms with Gasteiger partial charge in [0.15, 0.2) is 11.8 Å². The molecule has 0 radical (unpaired) electrons. The molecule has 1 atom stereocenters. The number of H-pyrrole nitrogens is 1. The van der Waals surface area contributed by atoms with Crippen LogP contribution in [-0.4, -0.2) is 37.7 Å². The Morgan fingerprint density at radius 3 is 3.00 bits per heavy atom. The molecule has 148 valence electrons. The first-order valence-electron chi connectivity index (χ1n) is 9.12. The third-order valence-electron chi connectivity index (χ3n) is 4.29. The smallest absolute Gasteiger partial charge is 0.303 e. The van der Waals surface area contributed by atoms with Crippen molar-refractivity contribution in [2.45, 2.75) is 38.0 Å². The number of carbonyl (C=O) groups is 1. The lowest BCUT2D eigenvalue weighted by Gasteiger charge is -2.13. The first-order valence-corrected chi connectivity index (χ1v) is 9.12. The topological polar surface area (TPSA) is 117 Å². The van der Waals surface area contributed by atoms with Crippen LogP contribution in [0.25, 0.3) is 0 Å². The van der Waals surface area contributed by atoms with Crippen molar-refractivity contribution >= 4 is 11.9 Å². The number of aromatic amines is 1. The van der Waals surface area contributed by atoms with E-state index in [1.54, 1.807) is 24.5 Å². The highest BCUT2D eigenvalue weighted by atomic mass is 19.1. The molecule has 1 aromatic carbocycles. The van der Waals surface area contributed by atoms with Crippen molar-refractivity contribution in [1.29, 1.82) is 0 Å². The minimum absolute atomic E-state index is 0.139. The van der Waals surface area contributed by atoms with Gasteiger partial charge in [-0.15, -0.1) is 0 Å². The molecule has 3 aromatic rings. The molecule has 1 unspecified atom stereocenters. The van der Waals surface area contributed by atoms with Gasteiger partial charge in [-0.2, -0.15) is 4.98 Å². The first-order chi connectivity index (χ1) is 13.6. The number of aliphatic carboxylic acids is 1. The van der Waals surface area contributed by atoms with Crippen molar-refractivity contribution in [2.75, 3.05) is 11.9 Å². The van der Waals surface area contributed by atoms with Gasteiger partial charge in [0.2, 0.25) is 5.89 Å². The maximum absolute atomic E-state index is 13.5. The molecular weight excluding hydrogens is 365 g/mol. The van der Waals surface area contributed by atoms with E-state index in [0.717, 1.165) is 25.3 Å². The fourth-order valence-electron chi connectivity index (χ4n) is 2.94. The molecule has 0 saturated heterocycles. The van der Waals surface area contributed by atoms with Crippen molar-refractivity contribution in [3.8, 4) is 0 Å². The van der Waals surface area contributed by atoms with Gasteiger partial charge in [0.25, 0.3) is 0 Å². The number of hydrogen-bond donors (Lipinski definition) is 3. The first kappa shape index (κ1) is 19.5. The second-order valence-electron chi connectivity index (χ2n) is 6.48. The van der Waals surface area contributed by atoms with E-state index < -0.39 is 17.7 Å². The largest absolute Gasteiger partial charge is 0.481 e. The summed E-state index contributed by atoms with van der Waals surface area (Å²) in [4.78, 5) is 22.6. The van der Waals surface area contributed by atoms with E-state index in [4.69, 9.17) is 9.63 Å². The van der Waals surface area contributed by atoms with E-state index in [-0.39, 0.29) is 12.8 Å². The normalized spacial score (nSPS) is 12.0. The van der Waals surface area contributed by atoms with E-state index >= 15 is 0 Å². The quantitative estimate of drug-likeness (QED) is 0.433. The predicted octanol–water partition coefficient (Wildman–Crippen LogP) is 3.17. The van der Waals surface area contributed by atoms with Crippen LogP contribution in [0.2, 0.25) is 0 Å². The zero-order valence-electron chi connectivity index (χ0n) is 15.3. The number of hydrogen-bond acceptors (Lipinski definition) is 6. The molecule has 0 amide bonds. The molecule has 0 aliphatic heterocycles. The van der Waals surface area contributed by atoms with Crippen molar-refractivity contribution in [2.24, 2.45) is 0 Å². The van der Waals surface area contributed by atoms with Gasteiger partial charge in [0, 0.05) is 37.7 Å². The highest BCUT2D eigenvalue weighted by molar-refractivity contribution is 5.68. The van der Waals surface area contributed by atoms with Gasteiger partial charge in [-0.1, -0.05) is 17.3 Å². The van der Waals surface area contributed by atoms with Gasteiger partial charge in [0.05, 0.1) is 6.42 Å². The van der Waals surface area contributed by atoms with Crippen LogP contribution in [0.1, 0.15) is 42.5 Å². The summed E-state index contributed by atoms with van der Waals surface area (Å²) in [6.07, 6.45) is 6.00. The summed E-state index contributed by atoms with van der Waals surface area (Å²) >= 11 is 0. The molecule has 0 bridgehead atoms. The number of anilines is 1. The molecule has 2 heterocycles. The number of halogens is 1. The Bertz CT molecular complexity index is 881. The van der Waals surface area contributed by atoms with Crippen LogP contribution < -0.4 is 5.32 Å². The number of nitrogens with one attached hydrogen (secondary N) is 2. The molecule has 3 rings (SSSR count). The fourth-order valence-corrected chi connectivity index (χ4v) is 2.94. The summed E-state index contributed by atoms with van der Waals surface area (Å²) in [5.41, 5.74) is 0.603. The molecule has 2 aromatic heterocycles. The Labute approximate surface area is 161 Å². The third-order valence-corrected chi connectivity index (χ3v) is 4.29. The standard InChI is InChI=1S/C19H22FN5O3/c20-15-5-3-4-13(10-15)14(12-18(26)27)11-17-24-16(25-28-17)6-1-2-7-21-19-22-8-9-23-19/h3-5,8-10,14H,1-2,6-7,11-12H2,(H,26,27)(H2,21,22,23). The number of aryl methyl sites for hydroxylation is 1. The average molecular weight is 387 g/mol. The fraction of sp³-hybridized carbons (Fsp3) is 0.368. The van der Waals surface area contributed by atoms with Gasteiger partial charge in [-0.3, -0.25) is 4.79 Å². The number of rotatable bonds is 11. The Kier molecular flexibility index (Phi) is 6.72. The minimum Gasteiger partial charge on any atom is -0.481 e. The van der Waals surface area contributed by atoms with Gasteiger partial charge < -0.3 is 19.9 Å². The van der Waals surface area contributed by atoms with Crippen LogP contribution in [0.3, 0.4) is 0 Å². The molecule has 0 aliphatic rings. The van der Waals surface area contributed by atoms with Crippen LogP contribution in [-0.2, 0) is 17.6 Å². The Morgan fingerprint density at radius 2 is 2.25 bits per heavy atom. The number of imidazole rings is 1. The predicted molar refractivity (Wildman–Crippen MR) is 99.4 cm³/mol. The Hall–Kier alpha value is -3.23. The monoisotopic (exact) mass is 387 g/mol. The average Bonchev–Trinajstić information content (AvgIpc) is 3.33. The van der Waals surface area contributed by atoms with Gasteiger partial charge >= 0.3 is 5.97 Å². The lowest BCUT2D eigenvalue weighted by molar-refractivity contribution is -0.137. The minimum atomic E-state index is -0.960. The highest BCUT2D eigenvalue weighted by Crippen LogP contribution is 2.24. The van der Waals surface area contributed by atoms with Crippen LogP contribution in [0.5, 0.6) is 0 Å². The molecule has 3 N–H and O–H groups in total. The van der Waals surface area contributed by atoms with E-state index in [9.17, 15) is 9.18 Å². The second-order valence-corrected chi connectivity index (χ2v) is 6.48. The number of carboxylic acids is 1. The number of carboxylic acid groups (broad SMARTS) is 1. The summed E-state index contributed by atoms with van der Waals surface area (Å²) in [6.45, 7) is 0.776. The SMILES string of the molecule is O=C(O)CC(Cc1nc(CCCCNc2ncc[nH]2)no1)c1cccc(F)c1. The molecular formula is C19H22FN5O3. The van der Waals surface area contributed by atoms with Gasteiger partial charge in [0.1, 0.15) is 5.82 Å². The van der Waals surface area contributed by atoms with Crippen LogP contribution in [0, 0.1) is 5.82 Å². The summed E-state index contributed by atoms with van der Waals surface area (Å²) < 4.78 is 18.8. The van der Waals surface area contributed by atoms with Crippen molar-refractivity contribution < 1.29 is 18.8 Å². The Morgan fingerprint density at radius 1 is 1.36 bits per heavy atom. The van der Waals surface area contributed by atoms with E-state index in [1.807, 2.05) is 0 Å². The molecule has 9 heteroatoms. The third kappa shape index (κ3) is 5.90. The van der Waals surface area contributed by atoms with Crippen molar-refractivity contribution in [3.63, 3.8) is 0 Å². The van der Waals surface area contributed by atoms with Crippen LogP contribution in [0.4, 0.5) is 10.3 Å². The Balaban J connectivity index is 1.50. The number of benzene rings is 1. The highest BCUT2D eigenvalue weighted by Gasteiger charge is 2.20. The number of unbranched alkanes of at least 4 members (excludes halogenated alkanes) is 1. The molecule has 0 fully saturated rings. The second kappa shape index (κ2) is 9.63. The van der Waals surface area contributed by atoms with E-state index in [1.165, 1.54) is 12.1 Å². The summed E-state index contributed by atoms with van der Waals surface area (Å²) in [5.74, 6) is -0.108. The van der Waals surface area contributed by atoms with Crippen LogP contribution >= 0.6 is 0 Å². The maximum atomic E-state index is 13.5. The maximum Gasteiger partial charge on any atom is 0.303 e. The molecule has 8 nitrogen and oxygen atoms in total. The zero-order valence-corrected chi connectivity index (χ0v) is 15.3. The van der Waals surface area contributed by atoms with Crippen LogP contribution in [0.15, 0.2) is 41.2 Å². The van der Waals surface area contributed by atoms with Crippen molar-refractivity contribution in [1.82, 2.24) is 20.1 Å².